The Morgan fingerprint density at radius 2 is 1.60 bits per heavy atom. The molecule has 30 heavy (non-hydrogen) atoms. The zero-order valence-corrected chi connectivity index (χ0v) is 16.4. The third-order valence-corrected chi connectivity index (χ3v) is 5.78. The van der Waals surface area contributed by atoms with E-state index in [1.165, 1.54) is 30.3 Å². The number of nitrogens with zero attached hydrogens (tertiary/aromatic N) is 1. The lowest BCUT2D eigenvalue weighted by atomic mass is 10.1. The van der Waals surface area contributed by atoms with E-state index in [0.717, 1.165) is 0 Å². The molecule has 0 spiro atoms. The van der Waals surface area contributed by atoms with Gasteiger partial charge in [-0.25, -0.2) is 13.4 Å². The molecule has 0 amide bonds. The summed E-state index contributed by atoms with van der Waals surface area (Å²) in [6.07, 6.45) is 1.27. The summed E-state index contributed by atoms with van der Waals surface area (Å²) in [4.78, 5) is 19.3. The number of aromatic nitrogens is 2. The van der Waals surface area contributed by atoms with Crippen molar-refractivity contribution in [3.05, 3.63) is 100 Å². The van der Waals surface area contributed by atoms with Gasteiger partial charge in [-0.05, 0) is 48.5 Å². The van der Waals surface area contributed by atoms with Crippen LogP contribution in [0.3, 0.4) is 0 Å². The standard InChI is InChI=1S/C22H17N3O4S/c26-21(14-20-22(27)24-19-9-5-4-8-18(19)23-20)15-10-12-16(13-11-15)25-30(28,29)17-6-2-1-3-7-17/h1-14,25-26H,(H,24,27)/b21-14-. The van der Waals surface area contributed by atoms with Crippen LogP contribution in [0.25, 0.3) is 22.9 Å². The van der Waals surface area contributed by atoms with Crippen molar-refractivity contribution in [1.29, 1.82) is 0 Å². The van der Waals surface area contributed by atoms with Gasteiger partial charge in [0.05, 0.1) is 15.9 Å². The highest BCUT2D eigenvalue weighted by Crippen LogP contribution is 2.20. The second kappa shape index (κ2) is 7.84. The van der Waals surface area contributed by atoms with Crippen LogP contribution in [0.5, 0.6) is 0 Å². The van der Waals surface area contributed by atoms with Crippen molar-refractivity contribution in [2.45, 2.75) is 4.90 Å². The number of nitrogens with one attached hydrogen (secondary N) is 2. The Hall–Kier alpha value is -3.91. The van der Waals surface area contributed by atoms with E-state index < -0.39 is 15.6 Å². The predicted molar refractivity (Wildman–Crippen MR) is 117 cm³/mol. The number of aliphatic hydroxyl groups is 1. The lowest BCUT2D eigenvalue weighted by molar-refractivity contribution is 0.515. The Morgan fingerprint density at radius 1 is 0.933 bits per heavy atom. The second-order valence-corrected chi connectivity index (χ2v) is 8.18. The molecule has 0 aliphatic carbocycles. The molecular weight excluding hydrogens is 402 g/mol. The number of benzene rings is 3. The minimum atomic E-state index is -3.70. The van der Waals surface area contributed by atoms with Gasteiger partial charge in [0.2, 0.25) is 0 Å². The maximum atomic E-state index is 12.4. The van der Waals surface area contributed by atoms with Crippen molar-refractivity contribution >= 4 is 38.6 Å². The molecule has 8 heteroatoms. The van der Waals surface area contributed by atoms with E-state index >= 15 is 0 Å². The van der Waals surface area contributed by atoms with Crippen molar-refractivity contribution in [3.8, 4) is 0 Å². The summed E-state index contributed by atoms with van der Waals surface area (Å²) in [5.74, 6) is -0.166. The van der Waals surface area contributed by atoms with Crippen molar-refractivity contribution in [3.63, 3.8) is 0 Å². The average molecular weight is 419 g/mol. The minimum absolute atomic E-state index is 0.0695. The molecule has 0 bridgehead atoms. The maximum Gasteiger partial charge on any atom is 0.274 e. The van der Waals surface area contributed by atoms with Gasteiger partial charge in [0.25, 0.3) is 15.6 Å². The monoisotopic (exact) mass is 419 g/mol. The number of sulfonamides is 1. The molecule has 0 saturated heterocycles. The highest BCUT2D eigenvalue weighted by atomic mass is 32.2. The molecule has 0 aliphatic heterocycles. The van der Waals surface area contributed by atoms with Crippen LogP contribution < -0.4 is 10.3 Å². The first-order valence-corrected chi connectivity index (χ1v) is 10.5. The Labute approximate surface area is 172 Å². The molecule has 0 unspecified atom stereocenters. The summed E-state index contributed by atoms with van der Waals surface area (Å²) in [7, 11) is -3.70. The van der Waals surface area contributed by atoms with Gasteiger partial charge in [-0.15, -0.1) is 0 Å². The number of anilines is 1. The van der Waals surface area contributed by atoms with Crippen LogP contribution >= 0.6 is 0 Å². The van der Waals surface area contributed by atoms with Gasteiger partial charge >= 0.3 is 0 Å². The Bertz CT molecular complexity index is 1390. The van der Waals surface area contributed by atoms with Gasteiger partial charge in [0.1, 0.15) is 11.5 Å². The van der Waals surface area contributed by atoms with E-state index in [4.69, 9.17) is 0 Å². The molecule has 0 radical (unpaired) electrons. The third-order valence-electron chi connectivity index (χ3n) is 4.39. The summed E-state index contributed by atoms with van der Waals surface area (Å²) < 4.78 is 27.3. The Balaban J connectivity index is 1.58. The molecule has 0 fully saturated rings. The number of hydrogen-bond acceptors (Lipinski definition) is 5. The lowest BCUT2D eigenvalue weighted by Gasteiger charge is -2.09. The number of aliphatic hydroxyl groups excluding tert-OH is 1. The molecule has 7 nitrogen and oxygen atoms in total. The quantitative estimate of drug-likeness (QED) is 0.426. The predicted octanol–water partition coefficient (Wildman–Crippen LogP) is 3.78. The van der Waals surface area contributed by atoms with Crippen LogP contribution in [0.1, 0.15) is 11.3 Å². The van der Waals surface area contributed by atoms with E-state index in [0.29, 0.717) is 22.3 Å². The zero-order chi connectivity index (χ0) is 21.1. The fourth-order valence-electron chi connectivity index (χ4n) is 2.88. The van der Waals surface area contributed by atoms with Crippen molar-refractivity contribution in [2.75, 3.05) is 4.72 Å². The number of para-hydroxylation sites is 2. The molecule has 3 aromatic carbocycles. The van der Waals surface area contributed by atoms with Gasteiger partial charge in [0, 0.05) is 17.3 Å². The highest BCUT2D eigenvalue weighted by molar-refractivity contribution is 7.92. The van der Waals surface area contributed by atoms with E-state index in [1.807, 2.05) is 0 Å². The van der Waals surface area contributed by atoms with E-state index in [9.17, 15) is 18.3 Å². The van der Waals surface area contributed by atoms with Gasteiger partial charge in [-0.3, -0.25) is 9.52 Å². The van der Waals surface area contributed by atoms with E-state index in [1.54, 1.807) is 54.6 Å². The fourth-order valence-corrected chi connectivity index (χ4v) is 3.96. The maximum absolute atomic E-state index is 12.4. The average Bonchev–Trinajstić information content (AvgIpc) is 2.75. The molecule has 3 N–H and O–H groups in total. The van der Waals surface area contributed by atoms with Gasteiger partial charge in [-0.1, -0.05) is 30.3 Å². The first kappa shape index (κ1) is 19.4. The smallest absolute Gasteiger partial charge is 0.274 e. The van der Waals surface area contributed by atoms with Gasteiger partial charge in [-0.2, -0.15) is 0 Å². The molecule has 4 aromatic rings. The van der Waals surface area contributed by atoms with Crippen LogP contribution in [0.4, 0.5) is 5.69 Å². The Kier molecular flexibility index (Phi) is 5.07. The molecule has 0 saturated carbocycles. The van der Waals surface area contributed by atoms with Crippen LogP contribution in [-0.4, -0.2) is 23.5 Å². The lowest BCUT2D eigenvalue weighted by Crippen LogP contribution is -2.12. The van der Waals surface area contributed by atoms with Crippen molar-refractivity contribution in [2.24, 2.45) is 0 Å². The van der Waals surface area contributed by atoms with E-state index in [2.05, 4.69) is 14.7 Å². The van der Waals surface area contributed by atoms with Gasteiger partial charge < -0.3 is 10.1 Å². The first-order chi connectivity index (χ1) is 14.4. The number of aromatic amines is 1. The van der Waals surface area contributed by atoms with Crippen LogP contribution in [0, 0.1) is 0 Å². The summed E-state index contributed by atoms with van der Waals surface area (Å²) in [6.45, 7) is 0. The summed E-state index contributed by atoms with van der Waals surface area (Å²) in [6, 6.07) is 21.3. The number of rotatable bonds is 5. The normalized spacial score (nSPS) is 12.1. The topological polar surface area (TPSA) is 112 Å². The molecule has 0 aliphatic rings. The largest absolute Gasteiger partial charge is 0.507 e. The highest BCUT2D eigenvalue weighted by Gasteiger charge is 2.13. The minimum Gasteiger partial charge on any atom is -0.507 e. The van der Waals surface area contributed by atoms with Crippen LogP contribution in [0.15, 0.2) is 88.6 Å². The molecular formula is C22H17N3O4S. The molecule has 0 atom stereocenters. The molecule has 4 rings (SSSR count). The number of hydrogen-bond donors (Lipinski definition) is 3. The van der Waals surface area contributed by atoms with Crippen LogP contribution in [0.2, 0.25) is 0 Å². The van der Waals surface area contributed by atoms with E-state index in [-0.39, 0.29) is 16.3 Å². The Morgan fingerprint density at radius 3 is 2.33 bits per heavy atom. The zero-order valence-electron chi connectivity index (χ0n) is 15.6. The summed E-state index contributed by atoms with van der Waals surface area (Å²) in [5, 5.41) is 10.4. The van der Waals surface area contributed by atoms with Crippen molar-refractivity contribution in [1.82, 2.24) is 9.97 Å². The number of fused-ring (bicyclic) bond motifs is 1. The number of H-pyrrole nitrogens is 1. The second-order valence-electron chi connectivity index (χ2n) is 6.49. The molecule has 150 valence electrons. The van der Waals surface area contributed by atoms with Crippen LogP contribution in [-0.2, 0) is 10.0 Å². The summed E-state index contributed by atoms with van der Waals surface area (Å²) in [5.41, 5.74) is 1.60. The molecule has 1 aromatic heterocycles. The molecule has 1 heterocycles. The third kappa shape index (κ3) is 4.08. The van der Waals surface area contributed by atoms with Crippen molar-refractivity contribution < 1.29 is 13.5 Å². The summed E-state index contributed by atoms with van der Waals surface area (Å²) >= 11 is 0. The SMILES string of the molecule is O=c1[nH]c2ccccc2nc1/C=C(\O)c1ccc(NS(=O)(=O)c2ccccc2)cc1. The van der Waals surface area contributed by atoms with Gasteiger partial charge in [0.15, 0.2) is 0 Å². The fraction of sp³-hybridized carbons (Fsp3) is 0. The first-order valence-electron chi connectivity index (χ1n) is 9.00.